The van der Waals surface area contributed by atoms with Crippen LogP contribution in [0.3, 0.4) is 0 Å². The minimum atomic E-state index is -0.857. The lowest BCUT2D eigenvalue weighted by atomic mass is 9.95. The van der Waals surface area contributed by atoms with E-state index in [1.54, 1.807) is 5.51 Å². The molecule has 1 heterocycles. The highest BCUT2D eigenvalue weighted by Crippen LogP contribution is 2.38. The summed E-state index contributed by atoms with van der Waals surface area (Å²) < 4.78 is 0. The quantitative estimate of drug-likeness (QED) is 0.864. The van der Waals surface area contributed by atoms with Gasteiger partial charge in [-0.05, 0) is 18.8 Å². The van der Waals surface area contributed by atoms with Gasteiger partial charge in [0.15, 0.2) is 0 Å². The van der Waals surface area contributed by atoms with Crippen LogP contribution in [0.15, 0.2) is 10.9 Å². The van der Waals surface area contributed by atoms with Gasteiger partial charge in [-0.2, -0.15) is 0 Å². The van der Waals surface area contributed by atoms with Crippen LogP contribution in [-0.2, 0) is 16.1 Å². The summed E-state index contributed by atoms with van der Waals surface area (Å²) in [7, 11) is 0. The van der Waals surface area contributed by atoms with Gasteiger partial charge in [0.25, 0.3) is 0 Å². The van der Waals surface area contributed by atoms with Crippen molar-refractivity contribution >= 4 is 23.2 Å². The Bertz CT molecular complexity index is 447. The van der Waals surface area contributed by atoms with E-state index >= 15 is 0 Å². The number of aromatic nitrogens is 1. The Hall–Kier alpha value is -1.43. The molecule has 3 unspecified atom stereocenters. The molecule has 2 rings (SSSR count). The molecule has 5 nitrogen and oxygen atoms in total. The average Bonchev–Trinajstić information content (AvgIpc) is 3.04. The number of nitrogens with zero attached hydrogens (tertiary/aromatic N) is 1. The number of carbonyl (C=O) groups excluding carboxylic acids is 1. The number of hydrogen-bond acceptors (Lipinski definition) is 4. The Morgan fingerprint density at radius 2 is 2.21 bits per heavy atom. The van der Waals surface area contributed by atoms with Gasteiger partial charge in [0.2, 0.25) is 5.91 Å². The number of aliphatic carboxylic acids is 1. The Kier molecular flexibility index (Phi) is 4.52. The Morgan fingerprint density at radius 1 is 1.47 bits per heavy atom. The van der Waals surface area contributed by atoms with E-state index in [4.69, 9.17) is 0 Å². The predicted molar refractivity (Wildman–Crippen MR) is 71.6 cm³/mol. The molecule has 1 aliphatic carbocycles. The zero-order valence-corrected chi connectivity index (χ0v) is 11.7. The van der Waals surface area contributed by atoms with Crippen molar-refractivity contribution in [3.05, 3.63) is 16.6 Å². The number of carbonyl (C=O) groups is 2. The van der Waals surface area contributed by atoms with Crippen LogP contribution in [0.4, 0.5) is 0 Å². The Balaban J connectivity index is 1.94. The van der Waals surface area contributed by atoms with Gasteiger partial charge in [0, 0.05) is 5.38 Å². The molecule has 0 radical (unpaired) electrons. The van der Waals surface area contributed by atoms with Crippen molar-refractivity contribution in [2.75, 3.05) is 0 Å². The molecule has 0 aromatic carbocycles. The zero-order valence-electron chi connectivity index (χ0n) is 10.8. The van der Waals surface area contributed by atoms with Crippen molar-refractivity contribution in [3.63, 3.8) is 0 Å². The normalized spacial score (nSPS) is 26.3. The smallest absolute Gasteiger partial charge is 0.307 e. The lowest BCUT2D eigenvalue weighted by Crippen LogP contribution is -2.35. The summed E-state index contributed by atoms with van der Waals surface area (Å²) in [5.74, 6) is -1.61. The van der Waals surface area contributed by atoms with E-state index in [1.807, 2.05) is 12.3 Å². The highest BCUT2D eigenvalue weighted by molar-refractivity contribution is 7.07. The molecule has 0 aliphatic heterocycles. The van der Waals surface area contributed by atoms with E-state index in [0.29, 0.717) is 25.3 Å². The number of nitrogens with one attached hydrogen (secondary N) is 1. The van der Waals surface area contributed by atoms with Crippen LogP contribution < -0.4 is 5.32 Å². The third-order valence-corrected chi connectivity index (χ3v) is 4.45. The maximum absolute atomic E-state index is 12.1. The van der Waals surface area contributed by atoms with Gasteiger partial charge in [0.05, 0.1) is 29.6 Å². The van der Waals surface area contributed by atoms with Crippen molar-refractivity contribution in [2.24, 2.45) is 17.8 Å². The second-order valence-corrected chi connectivity index (χ2v) is 5.71. The molecular weight excluding hydrogens is 264 g/mol. The molecule has 1 fully saturated rings. The molecule has 1 saturated carbocycles. The number of carboxylic acid groups (broad SMARTS) is 1. The van der Waals surface area contributed by atoms with Crippen molar-refractivity contribution in [3.8, 4) is 0 Å². The first-order chi connectivity index (χ1) is 9.11. The minimum Gasteiger partial charge on any atom is -0.481 e. The summed E-state index contributed by atoms with van der Waals surface area (Å²) in [6, 6.07) is 0. The second kappa shape index (κ2) is 6.14. The molecule has 0 saturated heterocycles. The number of amides is 1. The molecule has 0 spiro atoms. The zero-order chi connectivity index (χ0) is 13.8. The van der Waals surface area contributed by atoms with Crippen LogP contribution in [0.25, 0.3) is 0 Å². The topological polar surface area (TPSA) is 79.3 Å². The van der Waals surface area contributed by atoms with Crippen LogP contribution in [0.5, 0.6) is 0 Å². The number of carboxylic acids is 1. The fourth-order valence-electron chi connectivity index (χ4n) is 2.67. The predicted octanol–water partition coefficient (Wildman–Crippen LogP) is 1.90. The molecule has 6 heteroatoms. The summed E-state index contributed by atoms with van der Waals surface area (Å²) in [6.45, 7) is 2.42. The van der Waals surface area contributed by atoms with E-state index in [1.165, 1.54) is 11.3 Å². The maximum atomic E-state index is 12.1. The van der Waals surface area contributed by atoms with Gasteiger partial charge in [-0.3, -0.25) is 9.59 Å². The van der Waals surface area contributed by atoms with Gasteiger partial charge in [-0.1, -0.05) is 13.3 Å². The molecule has 1 aromatic heterocycles. The molecule has 1 aliphatic rings. The largest absolute Gasteiger partial charge is 0.481 e. The molecule has 1 amide bonds. The van der Waals surface area contributed by atoms with Crippen LogP contribution in [0.1, 0.15) is 31.9 Å². The second-order valence-electron chi connectivity index (χ2n) is 4.99. The first kappa shape index (κ1) is 14.0. The van der Waals surface area contributed by atoms with E-state index in [2.05, 4.69) is 10.3 Å². The molecule has 104 valence electrons. The summed E-state index contributed by atoms with van der Waals surface area (Å²) >= 11 is 1.48. The van der Waals surface area contributed by atoms with Crippen LogP contribution in [-0.4, -0.2) is 22.0 Å². The Morgan fingerprint density at radius 3 is 2.79 bits per heavy atom. The molecular formula is C13H18N2O3S. The van der Waals surface area contributed by atoms with Crippen LogP contribution in [0, 0.1) is 17.8 Å². The number of thiazole rings is 1. The van der Waals surface area contributed by atoms with Crippen molar-refractivity contribution in [1.29, 1.82) is 0 Å². The van der Waals surface area contributed by atoms with Gasteiger partial charge in [0.1, 0.15) is 0 Å². The lowest BCUT2D eigenvalue weighted by Gasteiger charge is -2.14. The van der Waals surface area contributed by atoms with E-state index in [-0.39, 0.29) is 5.91 Å². The maximum Gasteiger partial charge on any atom is 0.307 e. The molecule has 19 heavy (non-hydrogen) atoms. The van der Waals surface area contributed by atoms with Crippen LogP contribution >= 0.6 is 11.3 Å². The lowest BCUT2D eigenvalue weighted by molar-refractivity contribution is -0.146. The fraction of sp³-hybridized carbons (Fsp3) is 0.615. The summed E-state index contributed by atoms with van der Waals surface area (Å²) in [5, 5.41) is 13.9. The molecule has 3 atom stereocenters. The van der Waals surface area contributed by atoms with Crippen molar-refractivity contribution < 1.29 is 14.7 Å². The number of rotatable bonds is 5. The van der Waals surface area contributed by atoms with Gasteiger partial charge >= 0.3 is 5.97 Å². The minimum absolute atomic E-state index is 0.156. The fourth-order valence-corrected chi connectivity index (χ4v) is 3.23. The number of hydrogen-bond donors (Lipinski definition) is 2. The standard InChI is InChI=1S/C13H18N2O3S/c1-2-8-3-10(11(4-8)13(17)18)12(16)14-5-9-6-19-7-15-9/h6-8,10-11H,2-5H2,1H3,(H,14,16)(H,17,18). The molecule has 2 N–H and O–H groups in total. The summed E-state index contributed by atoms with van der Waals surface area (Å²) in [4.78, 5) is 27.4. The summed E-state index contributed by atoms with van der Waals surface area (Å²) in [5.41, 5.74) is 2.53. The first-order valence-electron chi connectivity index (χ1n) is 6.49. The molecule has 1 aromatic rings. The third kappa shape index (κ3) is 3.32. The third-order valence-electron chi connectivity index (χ3n) is 3.82. The van der Waals surface area contributed by atoms with Gasteiger partial charge in [-0.25, -0.2) is 4.98 Å². The van der Waals surface area contributed by atoms with Crippen LogP contribution in [0.2, 0.25) is 0 Å². The Labute approximate surface area is 116 Å². The van der Waals surface area contributed by atoms with E-state index in [0.717, 1.165) is 12.1 Å². The van der Waals surface area contributed by atoms with Gasteiger partial charge in [-0.15, -0.1) is 11.3 Å². The SMILES string of the molecule is CCC1CC(C(=O)O)C(C(=O)NCc2cscn2)C1. The first-order valence-corrected chi connectivity index (χ1v) is 7.43. The average molecular weight is 282 g/mol. The van der Waals surface area contributed by atoms with E-state index < -0.39 is 17.8 Å². The summed E-state index contributed by atoms with van der Waals surface area (Å²) in [6.07, 6.45) is 2.22. The highest BCUT2D eigenvalue weighted by Gasteiger charge is 2.41. The monoisotopic (exact) mass is 282 g/mol. The van der Waals surface area contributed by atoms with Crippen molar-refractivity contribution in [1.82, 2.24) is 10.3 Å². The van der Waals surface area contributed by atoms with Crippen molar-refractivity contribution in [2.45, 2.75) is 32.7 Å². The van der Waals surface area contributed by atoms with Gasteiger partial charge < -0.3 is 10.4 Å². The highest BCUT2D eigenvalue weighted by atomic mass is 32.1. The molecule has 0 bridgehead atoms. The van der Waals surface area contributed by atoms with E-state index in [9.17, 15) is 14.7 Å².